The Balaban J connectivity index is 1.98. The summed E-state index contributed by atoms with van der Waals surface area (Å²) >= 11 is 1.65. The molecule has 2 heterocycles. The number of hydrogen-bond acceptors (Lipinski definition) is 4. The summed E-state index contributed by atoms with van der Waals surface area (Å²) in [6.07, 6.45) is 3.51. The lowest BCUT2D eigenvalue weighted by Crippen LogP contribution is -2.43. The normalized spacial score (nSPS) is 20.1. The van der Waals surface area contributed by atoms with Crippen molar-refractivity contribution in [2.45, 2.75) is 18.8 Å². The number of rotatable bonds is 3. The van der Waals surface area contributed by atoms with Gasteiger partial charge in [-0.15, -0.1) is 11.3 Å². The van der Waals surface area contributed by atoms with Crippen molar-refractivity contribution in [1.82, 2.24) is 14.0 Å². The Bertz CT molecular complexity index is 422. The van der Waals surface area contributed by atoms with Crippen LogP contribution in [0.4, 0.5) is 0 Å². The van der Waals surface area contributed by atoms with E-state index in [-0.39, 0.29) is 0 Å². The predicted molar refractivity (Wildman–Crippen MR) is 63.6 cm³/mol. The Morgan fingerprint density at radius 3 is 2.69 bits per heavy atom. The molecule has 1 aliphatic rings. The maximum absolute atomic E-state index is 11.5. The minimum Gasteiger partial charge on any atom is -0.249 e. The highest BCUT2D eigenvalue weighted by atomic mass is 32.2. The molecule has 0 unspecified atom stereocenters. The lowest BCUT2D eigenvalue weighted by atomic mass is 9.99. The molecule has 1 aliphatic heterocycles. The highest BCUT2D eigenvalue weighted by Crippen LogP contribution is 2.29. The lowest BCUT2D eigenvalue weighted by Gasteiger charge is -2.29. The molecule has 1 aromatic heterocycles. The average Bonchev–Trinajstić information content (AvgIpc) is 2.83. The molecule has 1 aromatic rings. The van der Waals surface area contributed by atoms with Crippen LogP contribution in [0.1, 0.15) is 23.8 Å². The molecule has 0 spiro atoms. The first-order chi connectivity index (χ1) is 7.63. The van der Waals surface area contributed by atoms with E-state index in [2.05, 4.69) is 9.71 Å². The van der Waals surface area contributed by atoms with Crippen molar-refractivity contribution in [3.63, 3.8) is 0 Å². The van der Waals surface area contributed by atoms with Gasteiger partial charge in [-0.05, 0) is 12.8 Å². The van der Waals surface area contributed by atoms with Gasteiger partial charge in [0.1, 0.15) is 0 Å². The van der Waals surface area contributed by atoms with Crippen molar-refractivity contribution in [2.24, 2.45) is 0 Å². The van der Waals surface area contributed by atoms with Gasteiger partial charge in [0.15, 0.2) is 0 Å². The van der Waals surface area contributed by atoms with Crippen molar-refractivity contribution in [3.05, 3.63) is 16.6 Å². The topological polar surface area (TPSA) is 62.3 Å². The van der Waals surface area contributed by atoms with Crippen LogP contribution >= 0.6 is 11.3 Å². The number of nitrogens with zero attached hydrogens (tertiary/aromatic N) is 2. The molecule has 1 fully saturated rings. The zero-order valence-corrected chi connectivity index (χ0v) is 10.7. The van der Waals surface area contributed by atoms with Crippen LogP contribution in [0, 0.1) is 0 Å². The third kappa shape index (κ3) is 2.42. The van der Waals surface area contributed by atoms with Gasteiger partial charge in [-0.2, -0.15) is 12.7 Å². The number of piperidine rings is 1. The van der Waals surface area contributed by atoms with Gasteiger partial charge in [-0.3, -0.25) is 0 Å². The molecule has 0 bridgehead atoms. The zero-order chi connectivity index (χ0) is 11.6. The molecule has 0 aliphatic carbocycles. The van der Waals surface area contributed by atoms with Crippen molar-refractivity contribution < 1.29 is 8.42 Å². The predicted octanol–water partition coefficient (Wildman–Crippen LogP) is 0.787. The van der Waals surface area contributed by atoms with E-state index in [1.54, 1.807) is 17.5 Å². The molecule has 0 saturated carbocycles. The van der Waals surface area contributed by atoms with Crippen LogP contribution < -0.4 is 4.72 Å². The van der Waals surface area contributed by atoms with E-state index < -0.39 is 10.2 Å². The van der Waals surface area contributed by atoms with Crippen LogP contribution in [0.15, 0.2) is 11.6 Å². The molecule has 1 N–H and O–H groups in total. The fraction of sp³-hybridized carbons (Fsp3) is 0.667. The Labute approximate surface area is 99.7 Å². The Morgan fingerprint density at radius 2 is 2.19 bits per heavy atom. The van der Waals surface area contributed by atoms with Gasteiger partial charge in [0.05, 0.1) is 5.01 Å². The summed E-state index contributed by atoms with van der Waals surface area (Å²) in [5, 5.41) is 3.09. The Hall–Kier alpha value is -0.500. The maximum atomic E-state index is 11.5. The van der Waals surface area contributed by atoms with Crippen LogP contribution in [0.3, 0.4) is 0 Å². The lowest BCUT2D eigenvalue weighted by molar-refractivity contribution is 0.316. The van der Waals surface area contributed by atoms with Crippen LogP contribution in [0.5, 0.6) is 0 Å². The van der Waals surface area contributed by atoms with Crippen LogP contribution in [-0.2, 0) is 10.2 Å². The summed E-state index contributed by atoms with van der Waals surface area (Å²) < 4.78 is 26.9. The molecular weight excluding hydrogens is 246 g/mol. The van der Waals surface area contributed by atoms with Crippen molar-refractivity contribution in [1.29, 1.82) is 0 Å². The highest BCUT2D eigenvalue weighted by molar-refractivity contribution is 7.87. The fourth-order valence-corrected chi connectivity index (χ4v) is 3.67. The summed E-state index contributed by atoms with van der Waals surface area (Å²) in [6, 6.07) is 0. The molecule has 5 nitrogen and oxygen atoms in total. The standard InChI is InChI=1S/C9H15N3O2S2/c1-10-16(13,14)12-5-2-8(3-6-12)9-11-4-7-15-9/h4,7-8,10H,2-3,5-6H2,1H3. The first-order valence-corrected chi connectivity index (χ1v) is 7.53. The highest BCUT2D eigenvalue weighted by Gasteiger charge is 2.28. The molecule has 90 valence electrons. The second-order valence-electron chi connectivity index (χ2n) is 3.75. The van der Waals surface area contributed by atoms with Crippen LogP contribution in [0.25, 0.3) is 0 Å². The van der Waals surface area contributed by atoms with E-state index in [1.165, 1.54) is 11.4 Å². The largest absolute Gasteiger partial charge is 0.279 e. The number of thiazole rings is 1. The van der Waals surface area contributed by atoms with Gasteiger partial charge in [0, 0.05) is 37.6 Å². The van der Waals surface area contributed by atoms with E-state index in [0.717, 1.165) is 17.8 Å². The number of hydrogen-bond donors (Lipinski definition) is 1. The van der Waals surface area contributed by atoms with Gasteiger partial charge >= 0.3 is 0 Å². The molecule has 2 rings (SSSR count). The molecule has 0 radical (unpaired) electrons. The smallest absolute Gasteiger partial charge is 0.249 e. The maximum Gasteiger partial charge on any atom is 0.279 e. The Morgan fingerprint density at radius 1 is 1.50 bits per heavy atom. The number of nitrogens with one attached hydrogen (secondary N) is 1. The summed E-state index contributed by atoms with van der Waals surface area (Å²) in [4.78, 5) is 4.28. The molecule has 0 aromatic carbocycles. The molecule has 16 heavy (non-hydrogen) atoms. The van der Waals surface area contributed by atoms with Crippen molar-refractivity contribution in [2.75, 3.05) is 20.1 Å². The summed E-state index contributed by atoms with van der Waals surface area (Å²) in [5.74, 6) is 0.420. The van der Waals surface area contributed by atoms with E-state index in [0.29, 0.717) is 19.0 Å². The quantitative estimate of drug-likeness (QED) is 0.875. The second kappa shape index (κ2) is 4.79. The molecule has 1 saturated heterocycles. The summed E-state index contributed by atoms with van der Waals surface area (Å²) in [6.45, 7) is 1.15. The first-order valence-electron chi connectivity index (χ1n) is 5.21. The third-order valence-corrected chi connectivity index (χ3v) is 5.35. The minimum absolute atomic E-state index is 0.420. The van der Waals surface area contributed by atoms with E-state index in [1.807, 2.05) is 5.38 Å². The Kier molecular flexibility index (Phi) is 3.58. The van der Waals surface area contributed by atoms with E-state index in [4.69, 9.17) is 0 Å². The molecular formula is C9H15N3O2S2. The van der Waals surface area contributed by atoms with Gasteiger partial charge in [-0.1, -0.05) is 0 Å². The summed E-state index contributed by atoms with van der Waals surface area (Å²) in [5.41, 5.74) is 0. The summed E-state index contributed by atoms with van der Waals surface area (Å²) in [7, 11) is -1.80. The first kappa shape index (κ1) is 12.0. The fourth-order valence-electron chi connectivity index (χ4n) is 1.91. The molecule has 0 amide bonds. The second-order valence-corrected chi connectivity index (χ2v) is 6.55. The van der Waals surface area contributed by atoms with Crippen molar-refractivity contribution in [3.8, 4) is 0 Å². The van der Waals surface area contributed by atoms with Gasteiger partial charge < -0.3 is 0 Å². The molecule has 7 heteroatoms. The van der Waals surface area contributed by atoms with Gasteiger partial charge in [0.2, 0.25) is 0 Å². The number of aromatic nitrogens is 1. The SMILES string of the molecule is CNS(=O)(=O)N1CCC(c2nccs2)CC1. The monoisotopic (exact) mass is 261 g/mol. The third-order valence-electron chi connectivity index (χ3n) is 2.85. The van der Waals surface area contributed by atoms with Gasteiger partial charge in [0.25, 0.3) is 10.2 Å². The van der Waals surface area contributed by atoms with E-state index >= 15 is 0 Å². The van der Waals surface area contributed by atoms with Crippen LogP contribution in [-0.4, -0.2) is 37.8 Å². The molecule has 0 atom stereocenters. The van der Waals surface area contributed by atoms with Gasteiger partial charge in [-0.25, -0.2) is 9.71 Å². The van der Waals surface area contributed by atoms with E-state index in [9.17, 15) is 8.42 Å². The van der Waals surface area contributed by atoms with Crippen molar-refractivity contribution >= 4 is 21.5 Å². The zero-order valence-electron chi connectivity index (χ0n) is 9.09. The average molecular weight is 261 g/mol. The van der Waals surface area contributed by atoms with Crippen LogP contribution in [0.2, 0.25) is 0 Å². The minimum atomic E-state index is -3.25.